The Hall–Kier alpha value is -1.25. The topological polar surface area (TPSA) is 29.9 Å². The highest BCUT2D eigenvalue weighted by atomic mass is 15.2. The first-order valence-corrected chi connectivity index (χ1v) is 5.58. The van der Waals surface area contributed by atoms with Crippen molar-refractivity contribution in [2.75, 3.05) is 5.32 Å². The Morgan fingerprint density at radius 1 is 1.67 bits per heavy atom. The molecular formula is C12H21N3. The summed E-state index contributed by atoms with van der Waals surface area (Å²) in [4.78, 5) is 4.46. The molecule has 1 rings (SSSR count). The summed E-state index contributed by atoms with van der Waals surface area (Å²) < 4.78 is 2.09. The normalized spacial score (nSPS) is 12.5. The van der Waals surface area contributed by atoms with Crippen LogP contribution in [0.5, 0.6) is 0 Å². The molecule has 0 saturated carbocycles. The summed E-state index contributed by atoms with van der Waals surface area (Å²) in [6.07, 6.45) is 6.29. The van der Waals surface area contributed by atoms with Gasteiger partial charge in [0.1, 0.15) is 0 Å². The summed E-state index contributed by atoms with van der Waals surface area (Å²) >= 11 is 0. The molecule has 0 saturated heterocycles. The number of rotatable bonds is 6. The Bertz CT molecular complexity index is 315. The Labute approximate surface area is 92.2 Å². The molecule has 84 valence electrons. The van der Waals surface area contributed by atoms with Crippen molar-refractivity contribution in [3.05, 3.63) is 24.5 Å². The van der Waals surface area contributed by atoms with Crippen LogP contribution in [0.15, 0.2) is 18.9 Å². The van der Waals surface area contributed by atoms with Crippen LogP contribution in [-0.2, 0) is 6.54 Å². The molecule has 0 spiro atoms. The lowest BCUT2D eigenvalue weighted by atomic mass is 10.2. The maximum absolute atomic E-state index is 4.46. The van der Waals surface area contributed by atoms with Crippen LogP contribution < -0.4 is 5.32 Å². The van der Waals surface area contributed by atoms with Gasteiger partial charge in [0.15, 0.2) is 0 Å². The van der Waals surface area contributed by atoms with Crippen LogP contribution in [-0.4, -0.2) is 15.6 Å². The first-order chi connectivity index (χ1) is 7.17. The van der Waals surface area contributed by atoms with Crippen LogP contribution in [0.4, 0.5) is 5.95 Å². The lowest BCUT2D eigenvalue weighted by Crippen LogP contribution is -2.17. The predicted octanol–water partition coefficient (Wildman–Crippen LogP) is 2.98. The first-order valence-electron chi connectivity index (χ1n) is 5.58. The van der Waals surface area contributed by atoms with Gasteiger partial charge in [0.05, 0.1) is 5.69 Å². The minimum absolute atomic E-state index is 0.473. The van der Waals surface area contributed by atoms with E-state index in [0.29, 0.717) is 6.04 Å². The average Bonchev–Trinajstić information content (AvgIpc) is 2.47. The molecule has 0 amide bonds. The van der Waals surface area contributed by atoms with Crippen LogP contribution in [0.1, 0.15) is 32.4 Å². The van der Waals surface area contributed by atoms with Crippen LogP contribution in [0.2, 0.25) is 0 Å². The fourth-order valence-corrected chi connectivity index (χ4v) is 1.67. The summed E-state index contributed by atoms with van der Waals surface area (Å²) in [5.74, 6) is 0.952. The maximum atomic E-state index is 4.46. The molecule has 0 bridgehead atoms. The van der Waals surface area contributed by atoms with E-state index >= 15 is 0 Å². The van der Waals surface area contributed by atoms with E-state index in [2.05, 4.69) is 35.3 Å². The molecule has 0 aromatic carbocycles. The van der Waals surface area contributed by atoms with Gasteiger partial charge in [0, 0.05) is 18.8 Å². The number of aromatic nitrogens is 2. The Kier molecular flexibility index (Phi) is 4.40. The van der Waals surface area contributed by atoms with Crippen molar-refractivity contribution in [3.8, 4) is 0 Å². The largest absolute Gasteiger partial charge is 0.353 e. The molecule has 1 atom stereocenters. The molecule has 1 N–H and O–H groups in total. The number of imidazole rings is 1. The second-order valence-corrected chi connectivity index (χ2v) is 3.98. The second kappa shape index (κ2) is 5.59. The number of aryl methyl sites for hydroxylation is 1. The molecule has 0 aliphatic rings. The molecule has 0 radical (unpaired) electrons. The molecule has 3 heteroatoms. The number of anilines is 1. The van der Waals surface area contributed by atoms with Gasteiger partial charge in [-0.25, -0.2) is 4.98 Å². The van der Waals surface area contributed by atoms with E-state index in [9.17, 15) is 0 Å². The Morgan fingerprint density at radius 3 is 3.00 bits per heavy atom. The first kappa shape index (κ1) is 11.8. The van der Waals surface area contributed by atoms with E-state index in [1.165, 1.54) is 12.8 Å². The highest BCUT2D eigenvalue weighted by Gasteiger charge is 2.07. The van der Waals surface area contributed by atoms with Gasteiger partial charge in [-0.2, -0.15) is 0 Å². The van der Waals surface area contributed by atoms with Gasteiger partial charge in [-0.1, -0.05) is 19.4 Å². The highest BCUT2D eigenvalue weighted by molar-refractivity contribution is 5.30. The molecule has 1 unspecified atom stereocenters. The van der Waals surface area contributed by atoms with Gasteiger partial charge in [0.25, 0.3) is 0 Å². The third-order valence-electron chi connectivity index (χ3n) is 2.32. The van der Waals surface area contributed by atoms with E-state index in [-0.39, 0.29) is 0 Å². The third kappa shape index (κ3) is 3.42. The Morgan fingerprint density at radius 2 is 2.40 bits per heavy atom. The third-order valence-corrected chi connectivity index (χ3v) is 2.32. The van der Waals surface area contributed by atoms with Gasteiger partial charge >= 0.3 is 0 Å². The van der Waals surface area contributed by atoms with Gasteiger partial charge in [-0.3, -0.25) is 0 Å². The number of hydrogen-bond donors (Lipinski definition) is 1. The van der Waals surface area contributed by atoms with Gasteiger partial charge in [-0.15, -0.1) is 6.58 Å². The van der Waals surface area contributed by atoms with Crippen LogP contribution >= 0.6 is 0 Å². The second-order valence-electron chi connectivity index (χ2n) is 3.98. The molecule has 1 aromatic rings. The highest BCUT2D eigenvalue weighted by Crippen LogP contribution is 2.11. The van der Waals surface area contributed by atoms with Crippen LogP contribution in [0.25, 0.3) is 0 Å². The molecule has 1 heterocycles. The van der Waals surface area contributed by atoms with Crippen molar-refractivity contribution in [1.82, 2.24) is 9.55 Å². The fourth-order valence-electron chi connectivity index (χ4n) is 1.67. The number of nitrogens with zero attached hydrogens (tertiary/aromatic N) is 2. The van der Waals surface area contributed by atoms with Crippen molar-refractivity contribution >= 4 is 5.95 Å². The summed E-state index contributed by atoms with van der Waals surface area (Å²) in [6, 6.07) is 0.473. The molecule has 1 aromatic heterocycles. The zero-order chi connectivity index (χ0) is 11.3. The minimum atomic E-state index is 0.473. The van der Waals surface area contributed by atoms with Crippen molar-refractivity contribution in [2.24, 2.45) is 0 Å². The fraction of sp³-hybridized carbons (Fsp3) is 0.583. The number of hydrogen-bond acceptors (Lipinski definition) is 2. The predicted molar refractivity (Wildman–Crippen MR) is 65.2 cm³/mol. The van der Waals surface area contributed by atoms with E-state index in [1.54, 1.807) is 0 Å². The number of nitrogens with one attached hydrogen (secondary N) is 1. The lowest BCUT2D eigenvalue weighted by molar-refractivity contribution is 0.673. The SMILES string of the molecule is C=CCn1cc(C)nc1NC(C)CCC. The standard InChI is InChI=1S/C12H21N3/c1-5-7-10(3)13-12-14-11(4)9-15(12)8-6-2/h6,9-10H,2,5,7-8H2,1,3-4H3,(H,13,14). The minimum Gasteiger partial charge on any atom is -0.353 e. The average molecular weight is 207 g/mol. The molecular weight excluding hydrogens is 186 g/mol. The molecule has 15 heavy (non-hydrogen) atoms. The maximum Gasteiger partial charge on any atom is 0.203 e. The number of allylic oxidation sites excluding steroid dienone is 1. The van der Waals surface area contributed by atoms with Gasteiger partial charge in [0.2, 0.25) is 5.95 Å². The molecule has 0 aliphatic carbocycles. The van der Waals surface area contributed by atoms with Crippen molar-refractivity contribution in [1.29, 1.82) is 0 Å². The molecule has 0 fully saturated rings. The zero-order valence-electron chi connectivity index (χ0n) is 9.95. The van der Waals surface area contributed by atoms with E-state index in [0.717, 1.165) is 18.2 Å². The van der Waals surface area contributed by atoms with E-state index in [4.69, 9.17) is 0 Å². The summed E-state index contributed by atoms with van der Waals surface area (Å²) in [7, 11) is 0. The van der Waals surface area contributed by atoms with Crippen molar-refractivity contribution in [3.63, 3.8) is 0 Å². The van der Waals surface area contributed by atoms with Crippen molar-refractivity contribution < 1.29 is 0 Å². The quantitative estimate of drug-likeness (QED) is 0.727. The van der Waals surface area contributed by atoms with E-state index in [1.807, 2.05) is 19.2 Å². The van der Waals surface area contributed by atoms with Crippen molar-refractivity contribution in [2.45, 2.75) is 46.2 Å². The van der Waals surface area contributed by atoms with Crippen LogP contribution in [0, 0.1) is 6.92 Å². The Balaban J connectivity index is 2.69. The summed E-state index contributed by atoms with van der Waals surface area (Å²) in [5.41, 5.74) is 1.04. The van der Waals surface area contributed by atoms with Gasteiger partial charge < -0.3 is 9.88 Å². The monoisotopic (exact) mass is 207 g/mol. The summed E-state index contributed by atoms with van der Waals surface area (Å²) in [6.45, 7) is 10.9. The smallest absolute Gasteiger partial charge is 0.203 e. The molecule has 0 aliphatic heterocycles. The van der Waals surface area contributed by atoms with E-state index < -0.39 is 0 Å². The zero-order valence-corrected chi connectivity index (χ0v) is 9.95. The van der Waals surface area contributed by atoms with Crippen LogP contribution in [0.3, 0.4) is 0 Å². The lowest BCUT2D eigenvalue weighted by Gasteiger charge is -2.14. The molecule has 3 nitrogen and oxygen atoms in total. The summed E-state index contributed by atoms with van der Waals surface area (Å²) in [5, 5.41) is 3.42. The van der Waals surface area contributed by atoms with Gasteiger partial charge in [-0.05, 0) is 20.3 Å².